The summed E-state index contributed by atoms with van der Waals surface area (Å²) in [6.45, 7) is 0.494. The largest absolute Gasteiger partial charge is 0.456 e. The van der Waals surface area contributed by atoms with Gasteiger partial charge in [-0.05, 0) is 12.3 Å². The van der Waals surface area contributed by atoms with Gasteiger partial charge in [-0.1, -0.05) is 12.8 Å². The van der Waals surface area contributed by atoms with E-state index in [9.17, 15) is 4.79 Å². The minimum Gasteiger partial charge on any atom is -0.456 e. The Hall–Kier alpha value is -0.970. The van der Waals surface area contributed by atoms with Crippen LogP contribution in [0.15, 0.2) is 0 Å². The van der Waals surface area contributed by atoms with Crippen LogP contribution in [0.3, 0.4) is 0 Å². The first-order valence-electron chi connectivity index (χ1n) is 3.46. The van der Waals surface area contributed by atoms with E-state index in [1.165, 1.54) is 12.8 Å². The van der Waals surface area contributed by atoms with Crippen molar-refractivity contribution in [3.05, 3.63) is 0 Å². The van der Waals surface area contributed by atoms with E-state index in [-0.39, 0.29) is 0 Å². The second kappa shape index (κ2) is 3.26. The fourth-order valence-electron chi connectivity index (χ4n) is 0.766. The molecule has 1 aliphatic rings. The topological polar surface area (TPSA) is 26.3 Å². The van der Waals surface area contributed by atoms with Crippen LogP contribution < -0.4 is 0 Å². The SMILES string of the molecule is C#CC(=O)OCCC1CC1. The molecule has 0 amide bonds. The molecule has 0 heterocycles. The highest BCUT2D eigenvalue weighted by Crippen LogP contribution is 2.31. The molecule has 0 aromatic rings. The van der Waals surface area contributed by atoms with Crippen molar-refractivity contribution < 1.29 is 9.53 Å². The third kappa shape index (κ3) is 2.54. The van der Waals surface area contributed by atoms with E-state index >= 15 is 0 Å². The standard InChI is InChI=1S/C8H10O2/c1-2-8(9)10-6-5-7-3-4-7/h1,7H,3-6H2. The van der Waals surface area contributed by atoms with Gasteiger partial charge in [-0.25, -0.2) is 4.79 Å². The summed E-state index contributed by atoms with van der Waals surface area (Å²) in [5, 5.41) is 0. The molecule has 0 N–H and O–H groups in total. The summed E-state index contributed by atoms with van der Waals surface area (Å²) in [5.41, 5.74) is 0. The van der Waals surface area contributed by atoms with E-state index in [1.54, 1.807) is 0 Å². The monoisotopic (exact) mass is 138 g/mol. The zero-order valence-corrected chi connectivity index (χ0v) is 5.80. The molecule has 0 aromatic heterocycles. The summed E-state index contributed by atoms with van der Waals surface area (Å²) in [5.74, 6) is 2.15. The molecule has 0 unspecified atom stereocenters. The van der Waals surface area contributed by atoms with E-state index in [0.717, 1.165) is 12.3 Å². The maximum absolute atomic E-state index is 10.4. The van der Waals surface area contributed by atoms with Crippen molar-refractivity contribution in [3.63, 3.8) is 0 Å². The van der Waals surface area contributed by atoms with Crippen LogP contribution in [0.5, 0.6) is 0 Å². The maximum atomic E-state index is 10.4. The first-order valence-corrected chi connectivity index (χ1v) is 3.46. The second-order valence-corrected chi connectivity index (χ2v) is 2.51. The lowest BCUT2D eigenvalue weighted by molar-refractivity contribution is -0.136. The fraction of sp³-hybridized carbons (Fsp3) is 0.625. The quantitative estimate of drug-likeness (QED) is 0.330. The summed E-state index contributed by atoms with van der Waals surface area (Å²) < 4.78 is 4.67. The first-order chi connectivity index (χ1) is 4.83. The number of hydrogen-bond acceptors (Lipinski definition) is 2. The average molecular weight is 138 g/mol. The Kier molecular flexibility index (Phi) is 2.33. The number of terminal acetylenes is 1. The molecule has 2 nitrogen and oxygen atoms in total. The van der Waals surface area contributed by atoms with Crippen molar-refractivity contribution in [1.29, 1.82) is 0 Å². The van der Waals surface area contributed by atoms with E-state index in [4.69, 9.17) is 6.42 Å². The van der Waals surface area contributed by atoms with Crippen LogP contribution in [-0.2, 0) is 9.53 Å². The average Bonchev–Trinajstić information content (AvgIpc) is 2.71. The van der Waals surface area contributed by atoms with Gasteiger partial charge in [0, 0.05) is 5.92 Å². The van der Waals surface area contributed by atoms with Gasteiger partial charge in [0.25, 0.3) is 0 Å². The molecule has 1 aliphatic carbocycles. The summed E-state index contributed by atoms with van der Waals surface area (Å²) in [6, 6.07) is 0. The van der Waals surface area contributed by atoms with E-state index in [1.807, 2.05) is 5.92 Å². The highest BCUT2D eigenvalue weighted by molar-refractivity contribution is 5.87. The molecule has 0 atom stereocenters. The molecule has 10 heavy (non-hydrogen) atoms. The molecular weight excluding hydrogens is 128 g/mol. The molecular formula is C8H10O2. The third-order valence-electron chi connectivity index (χ3n) is 1.57. The van der Waals surface area contributed by atoms with Crippen LogP contribution in [0.25, 0.3) is 0 Å². The van der Waals surface area contributed by atoms with Crippen LogP contribution in [0, 0.1) is 18.3 Å². The number of ether oxygens (including phenoxy) is 1. The van der Waals surface area contributed by atoms with Gasteiger partial charge in [-0.15, -0.1) is 6.42 Å². The van der Waals surface area contributed by atoms with Crippen molar-refractivity contribution in [2.24, 2.45) is 5.92 Å². The Balaban J connectivity index is 1.94. The minimum atomic E-state index is -0.541. The predicted molar refractivity (Wildman–Crippen MR) is 37.1 cm³/mol. The Morgan fingerprint density at radius 1 is 1.70 bits per heavy atom. The molecule has 2 heteroatoms. The summed E-state index contributed by atoms with van der Waals surface area (Å²) >= 11 is 0. The predicted octanol–water partition coefficient (Wildman–Crippen LogP) is 0.963. The molecule has 1 rings (SSSR count). The van der Waals surface area contributed by atoms with Crippen molar-refractivity contribution in [1.82, 2.24) is 0 Å². The smallest absolute Gasteiger partial charge is 0.384 e. The van der Waals surface area contributed by atoms with Gasteiger partial charge < -0.3 is 4.74 Å². The van der Waals surface area contributed by atoms with Crippen LogP contribution in [-0.4, -0.2) is 12.6 Å². The van der Waals surface area contributed by atoms with E-state index < -0.39 is 5.97 Å². The van der Waals surface area contributed by atoms with Gasteiger partial charge in [-0.3, -0.25) is 0 Å². The van der Waals surface area contributed by atoms with Crippen LogP contribution in [0.2, 0.25) is 0 Å². The normalized spacial score (nSPS) is 15.9. The minimum absolute atomic E-state index is 0.494. The second-order valence-electron chi connectivity index (χ2n) is 2.51. The summed E-state index contributed by atoms with van der Waals surface area (Å²) in [7, 11) is 0. The maximum Gasteiger partial charge on any atom is 0.384 e. The van der Waals surface area contributed by atoms with Crippen LogP contribution >= 0.6 is 0 Å². The molecule has 0 saturated heterocycles. The zero-order valence-electron chi connectivity index (χ0n) is 5.80. The third-order valence-corrected chi connectivity index (χ3v) is 1.57. The highest BCUT2D eigenvalue weighted by atomic mass is 16.5. The van der Waals surface area contributed by atoms with E-state index in [2.05, 4.69) is 4.74 Å². The number of rotatable bonds is 3. The van der Waals surface area contributed by atoms with Crippen LogP contribution in [0.4, 0.5) is 0 Å². The molecule has 54 valence electrons. The summed E-state index contributed by atoms with van der Waals surface area (Å²) in [6.07, 6.45) is 8.33. The lowest BCUT2D eigenvalue weighted by atomic mass is 10.3. The lowest BCUT2D eigenvalue weighted by Crippen LogP contribution is -2.02. The molecule has 0 aromatic carbocycles. The number of hydrogen-bond donors (Lipinski definition) is 0. The van der Waals surface area contributed by atoms with Gasteiger partial charge >= 0.3 is 5.97 Å². The Morgan fingerprint density at radius 3 is 2.90 bits per heavy atom. The Labute approximate surface area is 60.6 Å². The number of carbonyl (C=O) groups excluding carboxylic acids is 1. The molecule has 0 bridgehead atoms. The van der Waals surface area contributed by atoms with Crippen molar-refractivity contribution in [2.45, 2.75) is 19.3 Å². The van der Waals surface area contributed by atoms with Gasteiger partial charge in [0.15, 0.2) is 0 Å². The van der Waals surface area contributed by atoms with Crippen molar-refractivity contribution >= 4 is 5.97 Å². The fourth-order valence-corrected chi connectivity index (χ4v) is 0.766. The number of carbonyl (C=O) groups is 1. The Bertz CT molecular complexity index is 163. The Morgan fingerprint density at radius 2 is 2.40 bits per heavy atom. The lowest BCUT2D eigenvalue weighted by Gasteiger charge is -1.96. The van der Waals surface area contributed by atoms with Crippen molar-refractivity contribution in [2.75, 3.05) is 6.61 Å². The molecule has 0 spiro atoms. The number of esters is 1. The van der Waals surface area contributed by atoms with Gasteiger partial charge in [0.05, 0.1) is 6.61 Å². The highest BCUT2D eigenvalue weighted by Gasteiger charge is 2.20. The van der Waals surface area contributed by atoms with Gasteiger partial charge in [-0.2, -0.15) is 0 Å². The molecule has 1 fully saturated rings. The first kappa shape index (κ1) is 7.14. The molecule has 1 saturated carbocycles. The molecule has 0 radical (unpaired) electrons. The molecule has 0 aliphatic heterocycles. The van der Waals surface area contributed by atoms with Crippen molar-refractivity contribution in [3.8, 4) is 12.3 Å². The van der Waals surface area contributed by atoms with Crippen LogP contribution in [0.1, 0.15) is 19.3 Å². The summed E-state index contributed by atoms with van der Waals surface area (Å²) in [4.78, 5) is 10.4. The van der Waals surface area contributed by atoms with E-state index in [0.29, 0.717) is 6.61 Å². The van der Waals surface area contributed by atoms with Gasteiger partial charge in [0.2, 0.25) is 0 Å². The van der Waals surface area contributed by atoms with Gasteiger partial charge in [0.1, 0.15) is 0 Å². The zero-order chi connectivity index (χ0) is 7.40.